The van der Waals surface area contributed by atoms with Gasteiger partial charge in [0.25, 0.3) is 5.56 Å². The summed E-state index contributed by atoms with van der Waals surface area (Å²) in [4.78, 5) is 13.4. The third-order valence-corrected chi connectivity index (χ3v) is 6.51. The zero-order chi connectivity index (χ0) is 20.0. The van der Waals surface area contributed by atoms with Gasteiger partial charge >= 0.3 is 0 Å². The third-order valence-electron chi connectivity index (χ3n) is 6.51. The van der Waals surface area contributed by atoms with Gasteiger partial charge in [0, 0.05) is 37.2 Å². The molecule has 1 aromatic carbocycles. The summed E-state index contributed by atoms with van der Waals surface area (Å²) in [5.41, 5.74) is 5.28. The molecule has 1 fully saturated rings. The molecule has 2 unspecified atom stereocenters. The van der Waals surface area contributed by atoms with Gasteiger partial charge in [-0.25, -0.2) is 0 Å². The zero-order valence-corrected chi connectivity index (χ0v) is 17.1. The Balaban J connectivity index is 1.50. The zero-order valence-electron chi connectivity index (χ0n) is 17.1. The summed E-state index contributed by atoms with van der Waals surface area (Å²) >= 11 is 0. The molecule has 0 spiro atoms. The van der Waals surface area contributed by atoms with E-state index in [2.05, 4.69) is 41.6 Å². The molecule has 2 aliphatic rings. The average Bonchev–Trinajstić information content (AvgIpc) is 3.33. The fourth-order valence-corrected chi connectivity index (χ4v) is 4.83. The average molecular weight is 393 g/mol. The van der Waals surface area contributed by atoms with Gasteiger partial charge in [0.05, 0.1) is 18.0 Å². The maximum Gasteiger partial charge on any atom is 0.260 e. The van der Waals surface area contributed by atoms with Gasteiger partial charge in [-0.1, -0.05) is 12.1 Å². The van der Waals surface area contributed by atoms with Gasteiger partial charge in [-0.15, -0.1) is 0 Å². The molecule has 1 N–H and O–H groups in total. The topological polar surface area (TPSA) is 61.1 Å². The number of hydrogen-bond donors (Lipinski definition) is 1. The summed E-state index contributed by atoms with van der Waals surface area (Å²) < 4.78 is 9.29. The lowest BCUT2D eigenvalue weighted by Crippen LogP contribution is -2.34. The molecular formula is C23H28N4O2. The lowest BCUT2D eigenvalue weighted by molar-refractivity contribution is 0.113. The van der Waals surface area contributed by atoms with Crippen LogP contribution in [0.2, 0.25) is 0 Å². The van der Waals surface area contributed by atoms with Crippen molar-refractivity contribution in [2.24, 2.45) is 7.05 Å². The van der Waals surface area contributed by atoms with Crippen molar-refractivity contribution in [2.75, 3.05) is 6.61 Å². The second-order valence-electron chi connectivity index (χ2n) is 8.33. The van der Waals surface area contributed by atoms with Crippen LogP contribution in [-0.4, -0.2) is 33.1 Å². The van der Waals surface area contributed by atoms with E-state index in [9.17, 15) is 4.79 Å². The van der Waals surface area contributed by atoms with E-state index >= 15 is 0 Å². The van der Waals surface area contributed by atoms with E-state index in [-0.39, 0.29) is 11.7 Å². The number of ether oxygens (including phenoxy) is 1. The number of rotatable bonds is 4. The van der Waals surface area contributed by atoms with Crippen LogP contribution in [-0.2, 0) is 31.2 Å². The Kier molecular flexibility index (Phi) is 4.76. The molecule has 5 rings (SSSR count). The first-order chi connectivity index (χ1) is 14.1. The summed E-state index contributed by atoms with van der Waals surface area (Å²) in [7, 11) is 1.91. The number of nitrogens with zero attached hydrogens (tertiary/aromatic N) is 3. The monoisotopic (exact) mass is 392 g/mol. The van der Waals surface area contributed by atoms with Crippen LogP contribution in [0.4, 0.5) is 0 Å². The molecule has 1 saturated heterocycles. The maximum absolute atomic E-state index is 13.4. The largest absolute Gasteiger partial charge is 0.377 e. The lowest BCUT2D eigenvalue weighted by Gasteiger charge is -2.20. The van der Waals surface area contributed by atoms with Crippen LogP contribution in [0.5, 0.6) is 0 Å². The number of pyridine rings is 1. The van der Waals surface area contributed by atoms with Crippen LogP contribution in [0.25, 0.3) is 16.7 Å². The van der Waals surface area contributed by atoms with E-state index in [1.165, 1.54) is 11.1 Å². The van der Waals surface area contributed by atoms with Crippen LogP contribution in [0.15, 0.2) is 35.3 Å². The minimum Gasteiger partial charge on any atom is -0.377 e. The quantitative estimate of drug-likeness (QED) is 0.742. The molecule has 3 aromatic rings. The Hall–Kier alpha value is -2.44. The van der Waals surface area contributed by atoms with E-state index in [1.807, 2.05) is 22.5 Å². The van der Waals surface area contributed by atoms with Crippen LogP contribution in [0.3, 0.4) is 0 Å². The smallest absolute Gasteiger partial charge is 0.260 e. The molecule has 2 aromatic heterocycles. The molecule has 0 amide bonds. The van der Waals surface area contributed by atoms with Crippen molar-refractivity contribution in [1.82, 2.24) is 19.7 Å². The molecule has 0 bridgehead atoms. The molecule has 0 saturated carbocycles. The lowest BCUT2D eigenvalue weighted by atomic mass is 9.91. The van der Waals surface area contributed by atoms with Gasteiger partial charge in [0.1, 0.15) is 5.65 Å². The summed E-state index contributed by atoms with van der Waals surface area (Å²) in [6.45, 7) is 3.76. The van der Waals surface area contributed by atoms with Crippen molar-refractivity contribution < 1.29 is 4.74 Å². The second kappa shape index (κ2) is 7.43. The van der Waals surface area contributed by atoms with Crippen molar-refractivity contribution in [3.05, 3.63) is 57.5 Å². The van der Waals surface area contributed by atoms with Gasteiger partial charge in [0.2, 0.25) is 0 Å². The van der Waals surface area contributed by atoms with E-state index in [4.69, 9.17) is 4.74 Å². The second-order valence-corrected chi connectivity index (χ2v) is 8.33. The molecular weight excluding hydrogens is 364 g/mol. The number of nitrogens with one attached hydrogen (secondary N) is 1. The minimum atomic E-state index is 0.110. The fraction of sp³-hybridized carbons (Fsp3) is 0.478. The van der Waals surface area contributed by atoms with Gasteiger partial charge in [-0.05, 0) is 62.3 Å². The predicted molar refractivity (Wildman–Crippen MR) is 114 cm³/mol. The molecule has 6 nitrogen and oxygen atoms in total. The maximum atomic E-state index is 13.4. The number of hydrogen-bond acceptors (Lipinski definition) is 4. The summed E-state index contributed by atoms with van der Waals surface area (Å²) in [5, 5.41) is 9.16. The number of aryl methyl sites for hydroxylation is 2. The number of benzene rings is 1. The summed E-state index contributed by atoms with van der Waals surface area (Å²) in [6, 6.07) is 8.73. The Morgan fingerprint density at radius 2 is 1.93 bits per heavy atom. The van der Waals surface area contributed by atoms with E-state index in [1.54, 1.807) is 0 Å². The highest BCUT2D eigenvalue weighted by Gasteiger charge is 2.24. The predicted octanol–water partition coefficient (Wildman–Crippen LogP) is 2.87. The first-order valence-corrected chi connectivity index (χ1v) is 10.7. The molecule has 1 aliphatic carbocycles. The van der Waals surface area contributed by atoms with E-state index in [0.29, 0.717) is 6.04 Å². The highest BCUT2D eigenvalue weighted by molar-refractivity contribution is 5.82. The van der Waals surface area contributed by atoms with Crippen LogP contribution >= 0.6 is 0 Å². The number of aromatic nitrogens is 3. The molecule has 1 aliphatic heterocycles. The fourth-order valence-electron chi connectivity index (χ4n) is 4.83. The normalized spacial score (nSPS) is 21.6. The van der Waals surface area contributed by atoms with Gasteiger partial charge < -0.3 is 10.1 Å². The van der Waals surface area contributed by atoms with Crippen LogP contribution in [0, 0.1) is 0 Å². The summed E-state index contributed by atoms with van der Waals surface area (Å²) in [5.74, 6) is 0. The summed E-state index contributed by atoms with van der Waals surface area (Å²) in [6.07, 6.45) is 7.31. The minimum absolute atomic E-state index is 0.110. The number of fused-ring (bicyclic) bond motifs is 3. The van der Waals surface area contributed by atoms with Crippen molar-refractivity contribution in [2.45, 2.75) is 57.7 Å². The standard InChI is InChI=1S/C23H28N4O2/c1-15-21(11-12-29-15)24-13-16-7-9-17(10-8-16)27-22-20(14-25-26(22)2)18-5-3-4-6-19(18)23(27)28/h7-10,14-15,21,24H,3-6,11-13H2,1-2H3. The van der Waals surface area contributed by atoms with Crippen LogP contribution < -0.4 is 10.9 Å². The Bertz CT molecular complexity index is 1100. The van der Waals surface area contributed by atoms with Crippen LogP contribution in [0.1, 0.15) is 42.9 Å². The SMILES string of the molecule is CC1OCCC1NCc1ccc(-n2c(=O)c3c(c4cnn(C)c42)CCCC3)cc1. The van der Waals surface area contributed by atoms with Crippen molar-refractivity contribution in [3.8, 4) is 5.69 Å². The van der Waals surface area contributed by atoms with Gasteiger partial charge in [-0.2, -0.15) is 5.10 Å². The van der Waals surface area contributed by atoms with Crippen molar-refractivity contribution in [3.63, 3.8) is 0 Å². The Labute approximate surface area is 170 Å². The Morgan fingerprint density at radius 3 is 2.66 bits per heavy atom. The van der Waals surface area contributed by atoms with Crippen molar-refractivity contribution >= 4 is 11.0 Å². The van der Waals surface area contributed by atoms with E-state index < -0.39 is 0 Å². The highest BCUT2D eigenvalue weighted by Crippen LogP contribution is 2.28. The van der Waals surface area contributed by atoms with E-state index in [0.717, 1.165) is 67.5 Å². The molecule has 6 heteroatoms. The first-order valence-electron chi connectivity index (χ1n) is 10.7. The highest BCUT2D eigenvalue weighted by atomic mass is 16.5. The molecule has 3 heterocycles. The first kappa shape index (κ1) is 18.6. The van der Waals surface area contributed by atoms with Gasteiger partial charge in [0.15, 0.2) is 0 Å². The Morgan fingerprint density at radius 1 is 1.17 bits per heavy atom. The molecule has 152 valence electrons. The molecule has 2 atom stereocenters. The molecule has 29 heavy (non-hydrogen) atoms. The molecule has 0 radical (unpaired) electrons. The van der Waals surface area contributed by atoms with Crippen molar-refractivity contribution in [1.29, 1.82) is 0 Å². The third kappa shape index (κ3) is 3.20. The van der Waals surface area contributed by atoms with Gasteiger partial charge in [-0.3, -0.25) is 14.0 Å².